The van der Waals surface area contributed by atoms with Crippen LogP contribution in [0.1, 0.15) is 41.0 Å². The fourth-order valence-corrected chi connectivity index (χ4v) is 3.72. The van der Waals surface area contributed by atoms with Gasteiger partial charge in [-0.15, -0.1) is 6.58 Å². The molecule has 0 aromatic carbocycles. The third-order valence-electron chi connectivity index (χ3n) is 4.92. The topological polar surface area (TPSA) is 65.0 Å². The average molecular weight is 387 g/mol. The van der Waals surface area contributed by atoms with Crippen molar-refractivity contribution in [3.63, 3.8) is 0 Å². The van der Waals surface area contributed by atoms with Gasteiger partial charge >= 0.3 is 5.97 Å². The first-order chi connectivity index (χ1) is 11.9. The molecule has 0 saturated heterocycles. The van der Waals surface area contributed by atoms with Gasteiger partial charge in [0.05, 0.1) is 25.7 Å². The average Bonchev–Trinajstić information content (AvgIpc) is 2.50. The maximum Gasteiger partial charge on any atom is 0.305 e. The second kappa shape index (κ2) is 11.0. The fraction of sp³-hybridized carbons (Fsp3) is 0.750. The molecule has 0 fully saturated rings. The van der Waals surface area contributed by atoms with Crippen LogP contribution in [0.3, 0.4) is 0 Å². The van der Waals surface area contributed by atoms with Crippen LogP contribution < -0.4 is 0 Å². The van der Waals surface area contributed by atoms with Gasteiger partial charge in [0.25, 0.3) is 0 Å². The van der Waals surface area contributed by atoms with E-state index in [2.05, 4.69) is 53.4 Å². The molecule has 6 heteroatoms. The molecule has 0 aliphatic rings. The van der Waals surface area contributed by atoms with Gasteiger partial charge in [-0.1, -0.05) is 45.4 Å². The molecule has 0 saturated carbocycles. The lowest BCUT2D eigenvalue weighted by Gasteiger charge is -2.42. The molecule has 0 radical (unpaired) electrons. The summed E-state index contributed by atoms with van der Waals surface area (Å²) in [6.07, 6.45) is 3.60. The van der Waals surface area contributed by atoms with Crippen LogP contribution in [-0.2, 0) is 18.7 Å². The van der Waals surface area contributed by atoms with Gasteiger partial charge in [-0.2, -0.15) is 0 Å². The van der Waals surface area contributed by atoms with Crippen molar-refractivity contribution in [1.82, 2.24) is 0 Å². The SMILES string of the molecule is C=C[C@H](OC)[C@@H](O[Si](C)(C)C(C)(C)C)[C@H](C)/C=C(/C)COCCC(=O)O. The molecule has 0 rings (SSSR count). The van der Waals surface area contributed by atoms with E-state index in [9.17, 15) is 4.79 Å². The number of carboxylic acid groups (broad SMARTS) is 1. The van der Waals surface area contributed by atoms with Crippen molar-refractivity contribution >= 4 is 14.3 Å². The van der Waals surface area contributed by atoms with Crippen LogP contribution in [0, 0.1) is 5.92 Å². The van der Waals surface area contributed by atoms with Crippen molar-refractivity contribution in [3.05, 3.63) is 24.3 Å². The first-order valence-corrected chi connectivity index (χ1v) is 12.1. The predicted molar refractivity (Wildman–Crippen MR) is 109 cm³/mol. The number of carboxylic acids is 1. The van der Waals surface area contributed by atoms with Crippen LogP contribution in [0.25, 0.3) is 0 Å². The van der Waals surface area contributed by atoms with Crippen molar-refractivity contribution in [2.24, 2.45) is 5.92 Å². The van der Waals surface area contributed by atoms with Gasteiger partial charge in [0.2, 0.25) is 0 Å². The molecule has 152 valence electrons. The Labute approximate surface area is 160 Å². The summed E-state index contributed by atoms with van der Waals surface area (Å²) >= 11 is 0. The van der Waals surface area contributed by atoms with Crippen LogP contribution in [-0.4, -0.2) is 51.9 Å². The Morgan fingerprint density at radius 1 is 1.31 bits per heavy atom. The summed E-state index contributed by atoms with van der Waals surface area (Å²) in [5, 5.41) is 8.76. The highest BCUT2D eigenvalue weighted by atomic mass is 28.4. The highest BCUT2D eigenvalue weighted by Gasteiger charge is 2.41. The van der Waals surface area contributed by atoms with Crippen LogP contribution in [0.5, 0.6) is 0 Å². The maximum atomic E-state index is 10.5. The third-order valence-corrected chi connectivity index (χ3v) is 9.39. The first-order valence-electron chi connectivity index (χ1n) is 9.15. The van der Waals surface area contributed by atoms with E-state index in [1.165, 1.54) is 0 Å². The number of rotatable bonds is 12. The molecular formula is C20H38O5Si. The van der Waals surface area contributed by atoms with Gasteiger partial charge < -0.3 is 19.0 Å². The summed E-state index contributed by atoms with van der Waals surface area (Å²) in [6.45, 7) is 19.7. The van der Waals surface area contributed by atoms with Crippen molar-refractivity contribution in [2.75, 3.05) is 20.3 Å². The number of carbonyl (C=O) groups is 1. The number of ether oxygens (including phenoxy) is 2. The summed E-state index contributed by atoms with van der Waals surface area (Å²) < 4.78 is 17.7. The Balaban J connectivity index is 5.16. The van der Waals surface area contributed by atoms with E-state index in [0.29, 0.717) is 6.61 Å². The maximum absolute atomic E-state index is 10.5. The minimum absolute atomic E-state index is 0.0160. The summed E-state index contributed by atoms with van der Waals surface area (Å²) in [5.41, 5.74) is 1.05. The van der Waals surface area contributed by atoms with Crippen molar-refractivity contribution in [1.29, 1.82) is 0 Å². The van der Waals surface area contributed by atoms with Gasteiger partial charge in [0.15, 0.2) is 8.32 Å². The Morgan fingerprint density at radius 2 is 1.88 bits per heavy atom. The molecule has 0 aliphatic heterocycles. The lowest BCUT2D eigenvalue weighted by Crippen LogP contribution is -2.49. The molecule has 0 aromatic heterocycles. The number of hydrogen-bond donors (Lipinski definition) is 1. The molecule has 0 aliphatic carbocycles. The molecule has 0 amide bonds. The standard InChI is InChI=1S/C20H38O5Si/c1-10-17(23-7)19(25-26(8,9)20(4,5)6)16(3)13-15(2)14-24-12-11-18(21)22/h10,13,16-17,19H,1,11-12,14H2,2-9H3,(H,21,22)/b15-13-/t16-,17+,19+/m1/s1. The van der Waals surface area contributed by atoms with Crippen LogP contribution in [0.4, 0.5) is 0 Å². The number of methoxy groups -OCH3 is 1. The lowest BCUT2D eigenvalue weighted by atomic mass is 9.97. The quantitative estimate of drug-likeness (QED) is 0.300. The normalized spacial score (nSPS) is 16.8. The fourth-order valence-electron chi connectivity index (χ4n) is 2.34. The molecule has 0 heterocycles. The number of hydrogen-bond acceptors (Lipinski definition) is 4. The second-order valence-corrected chi connectivity index (χ2v) is 13.1. The zero-order valence-corrected chi connectivity index (χ0v) is 18.8. The molecule has 0 aromatic rings. The summed E-state index contributed by atoms with van der Waals surface area (Å²) in [7, 11) is -0.301. The minimum atomic E-state index is -1.97. The first kappa shape index (κ1) is 25.0. The zero-order valence-electron chi connectivity index (χ0n) is 17.8. The molecular weight excluding hydrogens is 348 g/mol. The van der Waals surface area contributed by atoms with Gasteiger partial charge in [-0.3, -0.25) is 4.79 Å². The monoisotopic (exact) mass is 386 g/mol. The van der Waals surface area contributed by atoms with Gasteiger partial charge in [0.1, 0.15) is 6.10 Å². The van der Waals surface area contributed by atoms with Crippen molar-refractivity contribution in [2.45, 2.75) is 71.4 Å². The number of aliphatic carboxylic acids is 1. The Kier molecular flexibility index (Phi) is 10.6. The van der Waals surface area contributed by atoms with Crippen molar-refractivity contribution < 1.29 is 23.8 Å². The molecule has 3 atom stereocenters. The predicted octanol–water partition coefficient (Wildman–Crippen LogP) is 4.65. The van der Waals surface area contributed by atoms with Gasteiger partial charge in [-0.05, 0) is 25.1 Å². The van der Waals surface area contributed by atoms with E-state index >= 15 is 0 Å². The smallest absolute Gasteiger partial charge is 0.305 e. The Hall–Kier alpha value is -0.953. The largest absolute Gasteiger partial charge is 0.481 e. The molecule has 0 bridgehead atoms. The molecule has 1 N–H and O–H groups in total. The highest BCUT2D eigenvalue weighted by Crippen LogP contribution is 2.39. The molecule has 0 spiro atoms. The molecule has 5 nitrogen and oxygen atoms in total. The Bertz CT molecular complexity index is 479. The highest BCUT2D eigenvalue weighted by molar-refractivity contribution is 6.74. The molecule has 0 unspecified atom stereocenters. The van der Waals surface area contributed by atoms with E-state index < -0.39 is 14.3 Å². The van der Waals surface area contributed by atoms with Crippen LogP contribution in [0.15, 0.2) is 24.3 Å². The van der Waals surface area contributed by atoms with Gasteiger partial charge in [0, 0.05) is 13.0 Å². The summed E-state index contributed by atoms with van der Waals surface area (Å²) in [5.74, 6) is -0.744. The zero-order chi connectivity index (χ0) is 20.5. The lowest BCUT2D eigenvalue weighted by molar-refractivity contribution is -0.138. The molecule has 26 heavy (non-hydrogen) atoms. The second-order valence-electron chi connectivity index (χ2n) is 8.35. The Morgan fingerprint density at radius 3 is 2.31 bits per heavy atom. The van der Waals surface area contributed by atoms with E-state index in [4.69, 9.17) is 19.0 Å². The minimum Gasteiger partial charge on any atom is -0.481 e. The van der Waals surface area contributed by atoms with E-state index in [-0.39, 0.29) is 36.2 Å². The van der Waals surface area contributed by atoms with E-state index in [1.54, 1.807) is 13.2 Å². The van der Waals surface area contributed by atoms with E-state index in [0.717, 1.165) is 5.57 Å². The van der Waals surface area contributed by atoms with E-state index in [1.807, 2.05) is 6.92 Å². The van der Waals surface area contributed by atoms with Crippen LogP contribution in [0.2, 0.25) is 18.1 Å². The van der Waals surface area contributed by atoms with Gasteiger partial charge in [-0.25, -0.2) is 0 Å². The van der Waals surface area contributed by atoms with Crippen molar-refractivity contribution in [3.8, 4) is 0 Å². The summed E-state index contributed by atoms with van der Waals surface area (Å²) in [4.78, 5) is 10.5. The summed E-state index contributed by atoms with van der Waals surface area (Å²) in [6, 6.07) is 0. The third kappa shape index (κ3) is 8.62. The van der Waals surface area contributed by atoms with Crippen LogP contribution >= 0.6 is 0 Å².